The molecule has 0 bridgehead atoms. The first-order valence-corrected chi connectivity index (χ1v) is 12.0. The van der Waals surface area contributed by atoms with Crippen LogP contribution >= 0.6 is 39.3 Å². The molecular weight excluding hydrogens is 538 g/mol. The Kier molecular flexibility index (Phi) is 7.58. The first-order valence-electron chi connectivity index (χ1n) is 10.0. The summed E-state index contributed by atoms with van der Waals surface area (Å²) in [6.07, 6.45) is 1.74. The van der Waals surface area contributed by atoms with Crippen LogP contribution in [0, 0.1) is 11.3 Å². The van der Waals surface area contributed by atoms with E-state index in [9.17, 15) is 10.1 Å². The van der Waals surface area contributed by atoms with Crippen molar-refractivity contribution in [2.75, 3.05) is 7.11 Å². The van der Waals surface area contributed by atoms with Gasteiger partial charge in [-0.1, -0.05) is 29.8 Å². The lowest BCUT2D eigenvalue weighted by Gasteiger charge is -2.12. The van der Waals surface area contributed by atoms with E-state index in [1.54, 1.807) is 43.5 Å². The van der Waals surface area contributed by atoms with Crippen LogP contribution in [0.1, 0.15) is 16.7 Å². The van der Waals surface area contributed by atoms with E-state index in [2.05, 4.69) is 32.3 Å². The maximum Gasteiger partial charge on any atom is 0.264 e. The second-order valence-electron chi connectivity index (χ2n) is 7.05. The summed E-state index contributed by atoms with van der Waals surface area (Å²) >= 11 is 11.2. The summed E-state index contributed by atoms with van der Waals surface area (Å²) in [6, 6.07) is 20.1. The number of halogens is 2. The van der Waals surface area contributed by atoms with E-state index < -0.39 is 0 Å². The Balaban J connectivity index is 1.50. The number of benzene rings is 3. The molecule has 1 aliphatic rings. The third kappa shape index (κ3) is 5.62. The third-order valence-electron chi connectivity index (χ3n) is 4.78. The van der Waals surface area contributed by atoms with Crippen LogP contribution in [0.2, 0.25) is 5.02 Å². The van der Waals surface area contributed by atoms with Gasteiger partial charge in [-0.25, -0.2) is 4.99 Å². The molecule has 1 amide bonds. The van der Waals surface area contributed by atoms with Crippen molar-refractivity contribution in [3.8, 4) is 17.6 Å². The van der Waals surface area contributed by atoms with Crippen LogP contribution in [0.3, 0.4) is 0 Å². The van der Waals surface area contributed by atoms with Crippen molar-refractivity contribution in [3.63, 3.8) is 0 Å². The largest absolute Gasteiger partial charge is 0.497 e. The van der Waals surface area contributed by atoms with Gasteiger partial charge in [0.2, 0.25) is 0 Å². The normalized spacial score (nSPS) is 15.3. The number of carbonyl (C=O) groups is 1. The number of hydrogen-bond donors (Lipinski definition) is 1. The molecule has 9 heteroatoms. The zero-order chi connectivity index (χ0) is 24.1. The van der Waals surface area contributed by atoms with Gasteiger partial charge in [0.05, 0.1) is 38.8 Å². The lowest BCUT2D eigenvalue weighted by Crippen LogP contribution is -2.19. The molecule has 1 aliphatic heterocycles. The van der Waals surface area contributed by atoms with E-state index in [1.807, 2.05) is 30.3 Å². The predicted octanol–water partition coefficient (Wildman–Crippen LogP) is 6.45. The summed E-state index contributed by atoms with van der Waals surface area (Å²) in [5, 5.41) is 12.9. The van der Waals surface area contributed by atoms with Crippen LogP contribution in [0.4, 0.5) is 5.69 Å². The van der Waals surface area contributed by atoms with E-state index in [4.69, 9.17) is 21.1 Å². The topological polar surface area (TPSA) is 83.7 Å². The molecule has 3 aromatic carbocycles. The molecule has 0 spiro atoms. The molecule has 4 rings (SSSR count). The number of thioether (sulfide) groups is 1. The summed E-state index contributed by atoms with van der Waals surface area (Å²) in [5.74, 6) is 0.955. The smallest absolute Gasteiger partial charge is 0.264 e. The fourth-order valence-electron chi connectivity index (χ4n) is 3.11. The Morgan fingerprint density at radius 1 is 1.21 bits per heavy atom. The Morgan fingerprint density at radius 2 is 1.97 bits per heavy atom. The van der Waals surface area contributed by atoms with Gasteiger partial charge in [-0.2, -0.15) is 5.26 Å². The molecule has 0 atom stereocenters. The number of carbonyl (C=O) groups excluding carboxylic acids is 1. The maximum absolute atomic E-state index is 12.4. The maximum atomic E-state index is 12.4. The highest BCUT2D eigenvalue weighted by Gasteiger charge is 2.24. The van der Waals surface area contributed by atoms with Gasteiger partial charge in [0.1, 0.15) is 12.4 Å². The molecule has 1 N–H and O–H groups in total. The van der Waals surface area contributed by atoms with Crippen molar-refractivity contribution >= 4 is 62.1 Å². The predicted molar refractivity (Wildman–Crippen MR) is 138 cm³/mol. The number of nitrogens with zero attached hydrogens (tertiary/aromatic N) is 2. The Hall–Kier alpha value is -3.25. The van der Waals surface area contributed by atoms with Gasteiger partial charge in [-0.05, 0) is 81.8 Å². The number of hydrogen-bond acceptors (Lipinski definition) is 6. The standard InChI is InChI=1S/C25H17BrClN3O3S/c1-32-19-8-6-18(7-9-19)29-25-30-24(31)22(34-25)12-15-10-20(26)23(21(27)11-15)33-14-17-5-3-2-4-16(17)13-28/h2-12H,14H2,1H3,(H,29,30,31)/b22-12+. The summed E-state index contributed by atoms with van der Waals surface area (Å²) in [7, 11) is 1.60. The van der Waals surface area contributed by atoms with Crippen LogP contribution in [-0.2, 0) is 11.4 Å². The molecular formula is C25H17BrClN3O3S. The molecule has 0 aliphatic carbocycles. The van der Waals surface area contributed by atoms with E-state index in [0.29, 0.717) is 36.6 Å². The van der Waals surface area contributed by atoms with E-state index >= 15 is 0 Å². The lowest BCUT2D eigenvalue weighted by molar-refractivity contribution is -0.115. The molecule has 0 unspecified atom stereocenters. The van der Waals surface area contributed by atoms with Gasteiger partial charge >= 0.3 is 0 Å². The summed E-state index contributed by atoms with van der Waals surface area (Å²) in [4.78, 5) is 17.4. The average Bonchev–Trinajstić information content (AvgIpc) is 3.17. The van der Waals surface area contributed by atoms with Crippen LogP contribution < -0.4 is 14.8 Å². The number of amides is 1. The Bertz CT molecular complexity index is 1330. The van der Waals surface area contributed by atoms with Crippen LogP contribution in [0.5, 0.6) is 11.5 Å². The molecule has 0 aromatic heterocycles. The van der Waals surface area contributed by atoms with Gasteiger partial charge in [0.15, 0.2) is 10.9 Å². The molecule has 170 valence electrons. The first-order chi connectivity index (χ1) is 16.5. The van der Waals surface area contributed by atoms with Crippen LogP contribution in [0.25, 0.3) is 6.08 Å². The summed E-state index contributed by atoms with van der Waals surface area (Å²) < 4.78 is 11.7. The minimum absolute atomic E-state index is 0.200. The average molecular weight is 555 g/mol. The Labute approximate surface area is 214 Å². The molecule has 0 radical (unpaired) electrons. The van der Waals surface area contributed by atoms with Crippen molar-refractivity contribution in [1.82, 2.24) is 5.32 Å². The minimum Gasteiger partial charge on any atom is -0.497 e. The van der Waals surface area contributed by atoms with Crippen molar-refractivity contribution in [1.29, 1.82) is 5.26 Å². The zero-order valence-corrected chi connectivity index (χ0v) is 21.0. The van der Waals surface area contributed by atoms with Crippen molar-refractivity contribution < 1.29 is 14.3 Å². The number of nitrogens with one attached hydrogen (secondary N) is 1. The van der Waals surface area contributed by atoms with Crippen molar-refractivity contribution in [3.05, 3.63) is 91.8 Å². The number of rotatable bonds is 6. The number of aliphatic imine (C=N–C) groups is 1. The van der Waals surface area contributed by atoms with Crippen LogP contribution in [0.15, 0.2) is 75.0 Å². The molecule has 6 nitrogen and oxygen atoms in total. The number of amidine groups is 1. The van der Waals surface area contributed by atoms with Gasteiger partial charge in [0, 0.05) is 5.56 Å². The lowest BCUT2D eigenvalue weighted by atomic mass is 10.1. The Morgan fingerprint density at radius 3 is 2.68 bits per heavy atom. The number of ether oxygens (including phenoxy) is 2. The fourth-order valence-corrected chi connectivity index (χ4v) is 4.94. The van der Waals surface area contributed by atoms with E-state index in [-0.39, 0.29) is 12.5 Å². The molecule has 1 fully saturated rings. The second-order valence-corrected chi connectivity index (χ2v) is 9.34. The third-order valence-corrected chi connectivity index (χ3v) is 6.56. The molecule has 3 aromatic rings. The molecule has 1 heterocycles. The highest BCUT2D eigenvalue weighted by Crippen LogP contribution is 2.37. The second kappa shape index (κ2) is 10.8. The highest BCUT2D eigenvalue weighted by molar-refractivity contribution is 9.10. The van der Waals surface area contributed by atoms with E-state index in [1.165, 1.54) is 11.8 Å². The molecule has 34 heavy (non-hydrogen) atoms. The quantitative estimate of drug-likeness (QED) is 0.354. The summed E-state index contributed by atoms with van der Waals surface area (Å²) in [6.45, 7) is 0.200. The SMILES string of the molecule is COc1ccc(N=C2NC(=O)/C(=C\c3cc(Cl)c(OCc4ccccc4C#N)c(Br)c3)S2)cc1. The minimum atomic E-state index is -0.238. The highest BCUT2D eigenvalue weighted by atomic mass is 79.9. The molecule has 0 saturated carbocycles. The van der Waals surface area contributed by atoms with Gasteiger partial charge < -0.3 is 14.8 Å². The molecule has 1 saturated heterocycles. The monoisotopic (exact) mass is 553 g/mol. The number of methoxy groups -OCH3 is 1. The van der Waals surface area contributed by atoms with Gasteiger partial charge in [-0.3, -0.25) is 4.79 Å². The van der Waals surface area contributed by atoms with Crippen molar-refractivity contribution in [2.24, 2.45) is 4.99 Å². The fraction of sp³-hybridized carbons (Fsp3) is 0.0800. The van der Waals surface area contributed by atoms with E-state index in [0.717, 1.165) is 16.9 Å². The van der Waals surface area contributed by atoms with Crippen molar-refractivity contribution in [2.45, 2.75) is 6.61 Å². The zero-order valence-electron chi connectivity index (χ0n) is 17.8. The summed E-state index contributed by atoms with van der Waals surface area (Å²) in [5.41, 5.74) is 2.74. The van der Waals surface area contributed by atoms with Crippen LogP contribution in [-0.4, -0.2) is 18.2 Å². The van der Waals surface area contributed by atoms with Gasteiger partial charge in [0.25, 0.3) is 5.91 Å². The first kappa shape index (κ1) is 23.9. The number of nitriles is 1. The van der Waals surface area contributed by atoms with Gasteiger partial charge in [-0.15, -0.1) is 0 Å².